The van der Waals surface area contributed by atoms with Crippen LogP contribution in [0.2, 0.25) is 0 Å². The molecular weight excluding hydrogens is 243 g/mol. The van der Waals surface area contributed by atoms with Gasteiger partial charge in [0.1, 0.15) is 5.82 Å². The molecule has 1 fully saturated rings. The average molecular weight is 264 g/mol. The van der Waals surface area contributed by atoms with E-state index < -0.39 is 5.82 Å². The number of hydrogen-bond donors (Lipinski definition) is 2. The number of halogens is 1. The van der Waals surface area contributed by atoms with Crippen molar-refractivity contribution in [1.82, 2.24) is 0 Å². The third-order valence-electron chi connectivity index (χ3n) is 3.73. The van der Waals surface area contributed by atoms with Crippen molar-refractivity contribution in [3.63, 3.8) is 0 Å². The van der Waals surface area contributed by atoms with Crippen LogP contribution in [-0.4, -0.2) is 5.91 Å². The second-order valence-corrected chi connectivity index (χ2v) is 5.27. The smallest absolute Gasteiger partial charge is 0.227 e. The Morgan fingerprint density at radius 1 is 1.16 bits per heavy atom. The van der Waals surface area contributed by atoms with Gasteiger partial charge < -0.3 is 11.1 Å². The molecule has 2 rings (SSSR count). The van der Waals surface area contributed by atoms with E-state index in [1.807, 2.05) is 0 Å². The van der Waals surface area contributed by atoms with Crippen LogP contribution in [0.5, 0.6) is 0 Å². The van der Waals surface area contributed by atoms with Crippen molar-refractivity contribution in [3.8, 4) is 0 Å². The van der Waals surface area contributed by atoms with Crippen LogP contribution in [0.4, 0.5) is 15.8 Å². The normalized spacial score (nSPS) is 17.5. The van der Waals surface area contributed by atoms with E-state index in [2.05, 4.69) is 5.32 Å². The van der Waals surface area contributed by atoms with Gasteiger partial charge in [0.2, 0.25) is 5.91 Å². The maximum Gasteiger partial charge on any atom is 0.227 e. The van der Waals surface area contributed by atoms with Crippen LogP contribution < -0.4 is 11.1 Å². The summed E-state index contributed by atoms with van der Waals surface area (Å²) >= 11 is 0. The highest BCUT2D eigenvalue weighted by molar-refractivity contribution is 5.92. The lowest BCUT2D eigenvalue weighted by molar-refractivity contribution is -0.120. The highest BCUT2D eigenvalue weighted by atomic mass is 19.1. The van der Waals surface area contributed by atoms with Gasteiger partial charge in [-0.1, -0.05) is 32.1 Å². The number of nitrogens with one attached hydrogen (secondary N) is 1. The Bertz CT molecular complexity index is 440. The molecule has 0 atom stereocenters. The van der Waals surface area contributed by atoms with Crippen LogP contribution >= 0.6 is 0 Å². The first-order valence-electron chi connectivity index (χ1n) is 7.02. The number of benzene rings is 1. The number of carbonyl (C=O) groups is 1. The summed E-state index contributed by atoms with van der Waals surface area (Å²) < 4.78 is 13.6. The van der Waals surface area contributed by atoms with Crippen molar-refractivity contribution >= 4 is 17.3 Å². The Hall–Kier alpha value is -1.58. The van der Waals surface area contributed by atoms with Gasteiger partial charge in [-0.15, -0.1) is 0 Å². The Kier molecular flexibility index (Phi) is 4.77. The second-order valence-electron chi connectivity index (χ2n) is 5.27. The van der Waals surface area contributed by atoms with E-state index in [-0.39, 0.29) is 17.5 Å². The molecule has 104 valence electrons. The predicted molar refractivity (Wildman–Crippen MR) is 75.3 cm³/mol. The van der Waals surface area contributed by atoms with Gasteiger partial charge >= 0.3 is 0 Å². The number of amides is 1. The van der Waals surface area contributed by atoms with Crippen molar-refractivity contribution in [3.05, 3.63) is 24.0 Å². The molecule has 1 amide bonds. The Morgan fingerprint density at radius 3 is 2.42 bits per heavy atom. The van der Waals surface area contributed by atoms with Crippen molar-refractivity contribution < 1.29 is 9.18 Å². The summed E-state index contributed by atoms with van der Waals surface area (Å²) in [6.45, 7) is 0. The lowest BCUT2D eigenvalue weighted by Crippen LogP contribution is -2.24. The molecule has 0 spiro atoms. The number of anilines is 2. The van der Waals surface area contributed by atoms with E-state index in [9.17, 15) is 9.18 Å². The Labute approximate surface area is 113 Å². The molecule has 4 heteroatoms. The number of nitrogen functional groups attached to an aromatic ring is 1. The first-order chi connectivity index (χ1) is 9.16. The Morgan fingerprint density at radius 2 is 1.79 bits per heavy atom. The summed E-state index contributed by atoms with van der Waals surface area (Å²) in [4.78, 5) is 12.2. The molecule has 0 aliphatic heterocycles. The monoisotopic (exact) mass is 264 g/mol. The SMILES string of the molecule is Nc1ccc(NC(=O)C2CCCCCCC2)c(F)c1. The van der Waals surface area contributed by atoms with E-state index >= 15 is 0 Å². The van der Waals surface area contributed by atoms with Gasteiger partial charge in [-0.25, -0.2) is 4.39 Å². The molecule has 1 aromatic rings. The van der Waals surface area contributed by atoms with Gasteiger partial charge in [0, 0.05) is 11.6 Å². The van der Waals surface area contributed by atoms with Crippen molar-refractivity contribution in [2.45, 2.75) is 44.9 Å². The fraction of sp³-hybridized carbons (Fsp3) is 0.533. The molecule has 0 radical (unpaired) electrons. The number of carbonyl (C=O) groups excluding carboxylic acids is 1. The van der Waals surface area contributed by atoms with Gasteiger partial charge in [-0.2, -0.15) is 0 Å². The third-order valence-corrected chi connectivity index (χ3v) is 3.73. The van der Waals surface area contributed by atoms with Crippen LogP contribution in [0.1, 0.15) is 44.9 Å². The van der Waals surface area contributed by atoms with E-state index in [1.165, 1.54) is 31.4 Å². The van der Waals surface area contributed by atoms with E-state index in [1.54, 1.807) is 6.07 Å². The molecule has 0 saturated heterocycles. The number of hydrogen-bond acceptors (Lipinski definition) is 2. The van der Waals surface area contributed by atoms with Gasteiger partial charge in [-0.05, 0) is 31.0 Å². The molecule has 19 heavy (non-hydrogen) atoms. The zero-order valence-corrected chi connectivity index (χ0v) is 11.1. The molecule has 0 aromatic heterocycles. The van der Waals surface area contributed by atoms with Crippen molar-refractivity contribution in [1.29, 1.82) is 0 Å². The Balaban J connectivity index is 1.98. The fourth-order valence-corrected chi connectivity index (χ4v) is 2.59. The predicted octanol–water partition coefficient (Wildman–Crippen LogP) is 3.71. The zero-order valence-electron chi connectivity index (χ0n) is 11.1. The summed E-state index contributed by atoms with van der Waals surface area (Å²) in [5.74, 6) is -0.526. The highest BCUT2D eigenvalue weighted by Crippen LogP contribution is 2.24. The quantitative estimate of drug-likeness (QED) is 0.800. The summed E-state index contributed by atoms with van der Waals surface area (Å²) in [5.41, 5.74) is 6.07. The van der Waals surface area contributed by atoms with Crippen LogP contribution in [0.25, 0.3) is 0 Å². The largest absolute Gasteiger partial charge is 0.399 e. The molecule has 3 N–H and O–H groups in total. The number of nitrogens with two attached hydrogens (primary N) is 1. The van der Waals surface area contributed by atoms with E-state index in [0.29, 0.717) is 5.69 Å². The first-order valence-corrected chi connectivity index (χ1v) is 7.02. The topological polar surface area (TPSA) is 55.1 Å². The van der Waals surface area contributed by atoms with Crippen LogP contribution in [0, 0.1) is 11.7 Å². The molecule has 3 nitrogen and oxygen atoms in total. The summed E-state index contributed by atoms with van der Waals surface area (Å²) in [6, 6.07) is 4.34. The van der Waals surface area contributed by atoms with E-state index in [4.69, 9.17) is 5.73 Å². The van der Waals surface area contributed by atoms with Crippen LogP contribution in [-0.2, 0) is 4.79 Å². The minimum Gasteiger partial charge on any atom is -0.399 e. The van der Waals surface area contributed by atoms with Gasteiger partial charge in [0.25, 0.3) is 0 Å². The van der Waals surface area contributed by atoms with Gasteiger partial charge in [0.05, 0.1) is 5.69 Å². The molecule has 0 unspecified atom stereocenters. The van der Waals surface area contributed by atoms with E-state index in [0.717, 1.165) is 25.7 Å². The van der Waals surface area contributed by atoms with Gasteiger partial charge in [0.15, 0.2) is 0 Å². The molecular formula is C15H21FN2O. The standard InChI is InChI=1S/C15H21FN2O/c16-13-10-12(17)8-9-14(13)18-15(19)11-6-4-2-1-3-5-7-11/h8-11H,1-7,17H2,(H,18,19). The molecule has 0 heterocycles. The highest BCUT2D eigenvalue weighted by Gasteiger charge is 2.20. The van der Waals surface area contributed by atoms with Crippen molar-refractivity contribution in [2.24, 2.45) is 5.92 Å². The van der Waals surface area contributed by atoms with Crippen molar-refractivity contribution in [2.75, 3.05) is 11.1 Å². The molecule has 1 aliphatic rings. The maximum atomic E-state index is 13.6. The third kappa shape index (κ3) is 3.94. The average Bonchev–Trinajstić information content (AvgIpc) is 2.32. The lowest BCUT2D eigenvalue weighted by Gasteiger charge is -2.19. The fourth-order valence-electron chi connectivity index (χ4n) is 2.59. The summed E-state index contributed by atoms with van der Waals surface area (Å²) in [5, 5.41) is 2.69. The molecule has 1 saturated carbocycles. The molecule has 1 aromatic carbocycles. The second kappa shape index (κ2) is 6.55. The summed E-state index contributed by atoms with van der Waals surface area (Å²) in [6.07, 6.45) is 7.64. The van der Waals surface area contributed by atoms with Crippen LogP contribution in [0.3, 0.4) is 0 Å². The minimum absolute atomic E-state index is 0.0113. The first kappa shape index (κ1) is 13.8. The van der Waals surface area contributed by atoms with Crippen LogP contribution in [0.15, 0.2) is 18.2 Å². The summed E-state index contributed by atoms with van der Waals surface area (Å²) in [7, 11) is 0. The number of rotatable bonds is 2. The van der Waals surface area contributed by atoms with Gasteiger partial charge in [-0.3, -0.25) is 4.79 Å². The molecule has 0 bridgehead atoms. The minimum atomic E-state index is -0.473. The maximum absolute atomic E-state index is 13.6. The molecule has 1 aliphatic carbocycles. The lowest BCUT2D eigenvalue weighted by atomic mass is 9.90. The zero-order chi connectivity index (χ0) is 13.7.